The molecule has 0 aromatic rings. The predicted molar refractivity (Wildman–Crippen MR) is 63.8 cm³/mol. The van der Waals surface area contributed by atoms with Gasteiger partial charge in [-0.05, 0) is 32.7 Å². The summed E-state index contributed by atoms with van der Waals surface area (Å²) in [5, 5.41) is 3.28. The number of rotatable bonds is 9. The minimum atomic E-state index is 0.432. The molecule has 0 aromatic heterocycles. The Balaban J connectivity index is 2.01. The van der Waals surface area contributed by atoms with Gasteiger partial charge in [-0.1, -0.05) is 0 Å². The molecule has 0 spiro atoms. The lowest BCUT2D eigenvalue weighted by atomic mass is 10.1. The molecule has 4 heteroatoms. The molecule has 96 valence electrons. The van der Waals surface area contributed by atoms with Crippen molar-refractivity contribution in [2.45, 2.75) is 37.8 Å². The van der Waals surface area contributed by atoms with Crippen molar-refractivity contribution in [3.8, 4) is 0 Å². The third-order valence-corrected chi connectivity index (χ3v) is 3.02. The third kappa shape index (κ3) is 5.80. The zero-order chi connectivity index (χ0) is 11.6. The Bertz CT molecular complexity index is 160. The van der Waals surface area contributed by atoms with Gasteiger partial charge in [0.2, 0.25) is 0 Å². The van der Waals surface area contributed by atoms with Crippen molar-refractivity contribution >= 4 is 0 Å². The standard InChI is InChI=1S/C12H25NO3/c1-13-11(10-15-9-8-14-2)5-6-12-4-3-7-16-12/h11-13H,3-10H2,1-2H3. The van der Waals surface area contributed by atoms with Gasteiger partial charge in [0.15, 0.2) is 0 Å². The average molecular weight is 231 g/mol. The van der Waals surface area contributed by atoms with Crippen LogP contribution < -0.4 is 5.32 Å². The summed E-state index contributed by atoms with van der Waals surface area (Å²) in [6.45, 7) is 3.04. The molecule has 1 aliphatic heterocycles. The van der Waals surface area contributed by atoms with E-state index in [4.69, 9.17) is 14.2 Å². The maximum Gasteiger partial charge on any atom is 0.0701 e. The van der Waals surface area contributed by atoms with Gasteiger partial charge in [-0.15, -0.1) is 0 Å². The van der Waals surface area contributed by atoms with Crippen molar-refractivity contribution in [3.63, 3.8) is 0 Å². The Kier molecular flexibility index (Phi) is 7.76. The Labute approximate surface area is 98.6 Å². The molecule has 2 atom stereocenters. The van der Waals surface area contributed by atoms with Gasteiger partial charge in [0.25, 0.3) is 0 Å². The summed E-state index contributed by atoms with van der Waals surface area (Å²) >= 11 is 0. The minimum Gasteiger partial charge on any atom is -0.382 e. The summed E-state index contributed by atoms with van der Waals surface area (Å²) in [5.74, 6) is 0. The molecule has 4 nitrogen and oxygen atoms in total. The summed E-state index contributed by atoms with van der Waals surface area (Å²) in [7, 11) is 3.68. The molecule has 1 heterocycles. The van der Waals surface area contributed by atoms with Crippen LogP contribution in [-0.2, 0) is 14.2 Å². The van der Waals surface area contributed by atoms with Crippen molar-refractivity contribution in [1.82, 2.24) is 5.32 Å². The molecule has 0 saturated carbocycles. The van der Waals surface area contributed by atoms with Crippen LogP contribution in [-0.4, -0.2) is 52.7 Å². The number of hydrogen-bond donors (Lipinski definition) is 1. The van der Waals surface area contributed by atoms with E-state index in [9.17, 15) is 0 Å². The van der Waals surface area contributed by atoms with Gasteiger partial charge in [-0.3, -0.25) is 0 Å². The van der Waals surface area contributed by atoms with E-state index in [1.165, 1.54) is 12.8 Å². The summed E-state index contributed by atoms with van der Waals surface area (Å²) in [6.07, 6.45) is 5.18. The quantitative estimate of drug-likeness (QED) is 0.605. The van der Waals surface area contributed by atoms with Crippen LogP contribution >= 0.6 is 0 Å². The molecular weight excluding hydrogens is 206 g/mol. The Morgan fingerprint density at radius 1 is 1.44 bits per heavy atom. The second-order valence-electron chi connectivity index (χ2n) is 4.27. The van der Waals surface area contributed by atoms with E-state index in [-0.39, 0.29) is 0 Å². The predicted octanol–water partition coefficient (Wildman–Crippen LogP) is 1.20. The lowest BCUT2D eigenvalue weighted by Gasteiger charge is -2.18. The minimum absolute atomic E-state index is 0.432. The van der Waals surface area contributed by atoms with E-state index in [0.717, 1.165) is 26.1 Å². The molecule has 2 unspecified atom stereocenters. The fourth-order valence-corrected chi connectivity index (χ4v) is 1.94. The van der Waals surface area contributed by atoms with Gasteiger partial charge < -0.3 is 19.5 Å². The van der Waals surface area contributed by atoms with E-state index >= 15 is 0 Å². The first-order valence-corrected chi connectivity index (χ1v) is 6.22. The van der Waals surface area contributed by atoms with E-state index in [1.54, 1.807) is 7.11 Å². The molecular formula is C12H25NO3. The first-order chi connectivity index (χ1) is 7.86. The number of methoxy groups -OCH3 is 1. The second kappa shape index (κ2) is 8.93. The highest BCUT2D eigenvalue weighted by Gasteiger charge is 2.17. The van der Waals surface area contributed by atoms with E-state index in [2.05, 4.69) is 5.32 Å². The summed E-state index contributed by atoms with van der Waals surface area (Å²) in [6, 6.07) is 0.432. The van der Waals surface area contributed by atoms with Crippen LogP contribution in [0, 0.1) is 0 Å². The van der Waals surface area contributed by atoms with Gasteiger partial charge in [0.05, 0.1) is 25.9 Å². The molecule has 1 saturated heterocycles. The van der Waals surface area contributed by atoms with Crippen LogP contribution in [0.2, 0.25) is 0 Å². The van der Waals surface area contributed by atoms with Gasteiger partial charge >= 0.3 is 0 Å². The Morgan fingerprint density at radius 2 is 2.31 bits per heavy atom. The first kappa shape index (κ1) is 13.9. The van der Waals surface area contributed by atoms with Crippen LogP contribution in [0.3, 0.4) is 0 Å². The Hall–Kier alpha value is -0.160. The monoisotopic (exact) mass is 231 g/mol. The summed E-state index contributed by atoms with van der Waals surface area (Å²) in [5.41, 5.74) is 0. The molecule has 1 fully saturated rings. The molecule has 1 rings (SSSR count). The topological polar surface area (TPSA) is 39.7 Å². The van der Waals surface area contributed by atoms with E-state index in [1.807, 2.05) is 7.05 Å². The van der Waals surface area contributed by atoms with Crippen molar-refractivity contribution < 1.29 is 14.2 Å². The number of hydrogen-bond acceptors (Lipinski definition) is 4. The van der Waals surface area contributed by atoms with E-state index < -0.39 is 0 Å². The normalized spacial score (nSPS) is 22.5. The van der Waals surface area contributed by atoms with E-state index in [0.29, 0.717) is 25.4 Å². The smallest absolute Gasteiger partial charge is 0.0701 e. The molecule has 0 amide bonds. The lowest BCUT2D eigenvalue weighted by molar-refractivity contribution is 0.0529. The van der Waals surface area contributed by atoms with Crippen LogP contribution in [0.15, 0.2) is 0 Å². The van der Waals surface area contributed by atoms with Gasteiger partial charge in [0.1, 0.15) is 0 Å². The molecule has 0 bridgehead atoms. The fraction of sp³-hybridized carbons (Fsp3) is 1.00. The van der Waals surface area contributed by atoms with Crippen LogP contribution in [0.4, 0.5) is 0 Å². The number of likely N-dealkylation sites (N-methyl/N-ethyl adjacent to an activating group) is 1. The van der Waals surface area contributed by atoms with Gasteiger partial charge in [-0.2, -0.15) is 0 Å². The molecule has 0 radical (unpaired) electrons. The van der Waals surface area contributed by atoms with Crippen molar-refractivity contribution in [2.75, 3.05) is 40.6 Å². The second-order valence-corrected chi connectivity index (χ2v) is 4.27. The average Bonchev–Trinajstić information content (AvgIpc) is 2.81. The van der Waals surface area contributed by atoms with Crippen LogP contribution in [0.5, 0.6) is 0 Å². The lowest BCUT2D eigenvalue weighted by Crippen LogP contribution is -2.31. The van der Waals surface area contributed by atoms with Crippen molar-refractivity contribution in [3.05, 3.63) is 0 Å². The third-order valence-electron chi connectivity index (χ3n) is 3.02. The SMILES string of the molecule is CNC(CCC1CCCO1)COCCOC. The maximum absolute atomic E-state index is 5.60. The highest BCUT2D eigenvalue weighted by atomic mass is 16.5. The molecule has 1 N–H and O–H groups in total. The molecule has 1 aliphatic rings. The largest absolute Gasteiger partial charge is 0.382 e. The zero-order valence-corrected chi connectivity index (χ0v) is 10.5. The summed E-state index contributed by atoms with van der Waals surface area (Å²) in [4.78, 5) is 0. The van der Waals surface area contributed by atoms with Gasteiger partial charge in [-0.25, -0.2) is 0 Å². The summed E-state index contributed by atoms with van der Waals surface area (Å²) < 4.78 is 16.0. The molecule has 16 heavy (non-hydrogen) atoms. The Morgan fingerprint density at radius 3 is 2.94 bits per heavy atom. The van der Waals surface area contributed by atoms with Crippen molar-refractivity contribution in [2.24, 2.45) is 0 Å². The highest BCUT2D eigenvalue weighted by molar-refractivity contribution is 4.70. The number of ether oxygens (including phenoxy) is 3. The maximum atomic E-state index is 5.60. The molecule has 0 aliphatic carbocycles. The van der Waals surface area contributed by atoms with Crippen LogP contribution in [0.25, 0.3) is 0 Å². The number of nitrogens with one attached hydrogen (secondary N) is 1. The van der Waals surface area contributed by atoms with Crippen molar-refractivity contribution in [1.29, 1.82) is 0 Å². The first-order valence-electron chi connectivity index (χ1n) is 6.22. The fourth-order valence-electron chi connectivity index (χ4n) is 1.94. The van der Waals surface area contributed by atoms with Crippen LogP contribution in [0.1, 0.15) is 25.7 Å². The zero-order valence-electron chi connectivity index (χ0n) is 10.5. The molecule has 0 aromatic carbocycles. The van der Waals surface area contributed by atoms with Gasteiger partial charge in [0, 0.05) is 19.8 Å². The highest BCUT2D eigenvalue weighted by Crippen LogP contribution is 2.17.